The van der Waals surface area contributed by atoms with Gasteiger partial charge in [-0.05, 0) is 40.2 Å². The van der Waals surface area contributed by atoms with Crippen LogP contribution >= 0.6 is 15.9 Å². The van der Waals surface area contributed by atoms with Crippen LogP contribution in [0, 0.1) is 11.6 Å². The fourth-order valence-electron chi connectivity index (χ4n) is 1.33. The number of nitrogen functional groups attached to an aromatic ring is 1. The van der Waals surface area contributed by atoms with E-state index in [1.165, 1.54) is 36.4 Å². The van der Waals surface area contributed by atoms with E-state index in [0.717, 1.165) is 0 Å². The first kappa shape index (κ1) is 11.9. The Balaban J connectivity index is 2.31. The summed E-state index contributed by atoms with van der Waals surface area (Å²) in [5.41, 5.74) is 5.75. The van der Waals surface area contributed by atoms with Gasteiger partial charge in [0.2, 0.25) is 0 Å². The van der Waals surface area contributed by atoms with E-state index in [-0.39, 0.29) is 17.3 Å². The minimum absolute atomic E-state index is 0.259. The third kappa shape index (κ3) is 2.94. The highest BCUT2D eigenvalue weighted by Gasteiger charge is 2.06. The van der Waals surface area contributed by atoms with Crippen LogP contribution in [-0.2, 0) is 0 Å². The monoisotopic (exact) mass is 299 g/mol. The molecule has 0 radical (unpaired) electrons. The molecule has 88 valence electrons. The van der Waals surface area contributed by atoms with E-state index in [1.54, 1.807) is 0 Å². The van der Waals surface area contributed by atoms with E-state index in [0.29, 0.717) is 10.2 Å². The number of benzene rings is 2. The molecule has 0 unspecified atom stereocenters. The molecule has 2 rings (SSSR count). The van der Waals surface area contributed by atoms with E-state index < -0.39 is 5.82 Å². The number of nitrogens with two attached hydrogens (primary N) is 1. The second-order valence-corrected chi connectivity index (χ2v) is 4.25. The quantitative estimate of drug-likeness (QED) is 0.847. The second-order valence-electron chi connectivity index (χ2n) is 3.40. The van der Waals surface area contributed by atoms with E-state index in [1.807, 2.05) is 0 Å². The van der Waals surface area contributed by atoms with Gasteiger partial charge < -0.3 is 10.5 Å². The van der Waals surface area contributed by atoms with Crippen LogP contribution in [0.4, 0.5) is 14.5 Å². The van der Waals surface area contributed by atoms with Crippen LogP contribution in [0.15, 0.2) is 40.9 Å². The van der Waals surface area contributed by atoms with Gasteiger partial charge in [0.1, 0.15) is 23.1 Å². The molecule has 17 heavy (non-hydrogen) atoms. The second kappa shape index (κ2) is 4.71. The largest absolute Gasteiger partial charge is 0.456 e. The van der Waals surface area contributed by atoms with Gasteiger partial charge in [0.25, 0.3) is 0 Å². The molecule has 2 aromatic rings. The van der Waals surface area contributed by atoms with Crippen LogP contribution in [0.25, 0.3) is 0 Å². The molecule has 0 saturated heterocycles. The molecule has 2 N–H and O–H groups in total. The van der Waals surface area contributed by atoms with Gasteiger partial charge in [0, 0.05) is 17.8 Å². The Hall–Kier alpha value is -1.62. The molecule has 0 atom stereocenters. The van der Waals surface area contributed by atoms with Crippen molar-refractivity contribution in [2.45, 2.75) is 0 Å². The molecule has 2 nitrogen and oxygen atoms in total. The topological polar surface area (TPSA) is 35.2 Å². The standard InChI is InChI=1S/C12H8BrF2NO/c13-11-5-7(14)1-2-12(11)17-10-4-8(15)3-9(16)6-10/h1-6H,16H2. The number of halogens is 3. The summed E-state index contributed by atoms with van der Waals surface area (Å²) in [5, 5.41) is 0. The molecule has 0 aromatic heterocycles. The highest BCUT2D eigenvalue weighted by Crippen LogP contribution is 2.31. The van der Waals surface area contributed by atoms with Crippen molar-refractivity contribution in [3.8, 4) is 11.5 Å². The van der Waals surface area contributed by atoms with Gasteiger partial charge in [-0.25, -0.2) is 8.78 Å². The minimum atomic E-state index is -0.488. The molecule has 5 heteroatoms. The lowest BCUT2D eigenvalue weighted by Crippen LogP contribution is -1.91. The van der Waals surface area contributed by atoms with Crippen LogP contribution < -0.4 is 10.5 Å². The molecule has 0 bridgehead atoms. The van der Waals surface area contributed by atoms with Crippen LogP contribution in [-0.4, -0.2) is 0 Å². The van der Waals surface area contributed by atoms with Crippen molar-refractivity contribution in [3.63, 3.8) is 0 Å². The summed E-state index contributed by atoms with van der Waals surface area (Å²) in [6.07, 6.45) is 0. The molecule has 0 aliphatic heterocycles. The first-order valence-corrected chi connectivity index (χ1v) is 5.53. The number of hydrogen-bond acceptors (Lipinski definition) is 2. The van der Waals surface area contributed by atoms with Crippen molar-refractivity contribution in [2.75, 3.05) is 5.73 Å². The summed E-state index contributed by atoms with van der Waals surface area (Å²) in [7, 11) is 0. The van der Waals surface area contributed by atoms with Gasteiger partial charge in [-0.1, -0.05) is 0 Å². The molecular formula is C12H8BrF2NO. The normalized spacial score (nSPS) is 10.3. The highest BCUT2D eigenvalue weighted by atomic mass is 79.9. The maximum absolute atomic E-state index is 13.1. The molecule has 0 aliphatic rings. The Labute approximate surface area is 105 Å². The highest BCUT2D eigenvalue weighted by molar-refractivity contribution is 9.10. The Morgan fingerprint density at radius 1 is 1.00 bits per heavy atom. The van der Waals surface area contributed by atoms with Crippen LogP contribution in [0.1, 0.15) is 0 Å². The van der Waals surface area contributed by atoms with Gasteiger partial charge in [-0.15, -0.1) is 0 Å². The van der Waals surface area contributed by atoms with Crippen LogP contribution in [0.2, 0.25) is 0 Å². The van der Waals surface area contributed by atoms with Gasteiger partial charge >= 0.3 is 0 Å². The van der Waals surface area contributed by atoms with Crippen molar-refractivity contribution in [3.05, 3.63) is 52.5 Å². The van der Waals surface area contributed by atoms with Gasteiger partial charge in [0.15, 0.2) is 0 Å². The number of rotatable bonds is 2. The molecule has 0 amide bonds. The fraction of sp³-hybridized carbons (Fsp3) is 0. The molecule has 2 aromatic carbocycles. The first-order chi connectivity index (χ1) is 8.04. The number of anilines is 1. The Bertz CT molecular complexity index is 540. The molecule has 0 spiro atoms. The van der Waals surface area contributed by atoms with E-state index in [4.69, 9.17) is 10.5 Å². The zero-order valence-electron chi connectivity index (χ0n) is 8.58. The summed E-state index contributed by atoms with van der Waals surface area (Å²) in [5.74, 6) is -0.229. The van der Waals surface area contributed by atoms with E-state index >= 15 is 0 Å². The predicted octanol–water partition coefficient (Wildman–Crippen LogP) is 4.10. The zero-order valence-corrected chi connectivity index (χ0v) is 10.2. The van der Waals surface area contributed by atoms with E-state index in [9.17, 15) is 8.78 Å². The third-order valence-corrected chi connectivity index (χ3v) is 2.64. The van der Waals surface area contributed by atoms with Crippen molar-refractivity contribution >= 4 is 21.6 Å². The molecule has 0 fully saturated rings. The zero-order chi connectivity index (χ0) is 12.4. The smallest absolute Gasteiger partial charge is 0.141 e. The van der Waals surface area contributed by atoms with Crippen molar-refractivity contribution in [1.82, 2.24) is 0 Å². The lowest BCUT2D eigenvalue weighted by Gasteiger charge is -2.08. The van der Waals surface area contributed by atoms with Crippen molar-refractivity contribution < 1.29 is 13.5 Å². The number of ether oxygens (including phenoxy) is 1. The average Bonchev–Trinajstić information content (AvgIpc) is 2.21. The molecule has 0 saturated carbocycles. The predicted molar refractivity (Wildman–Crippen MR) is 65.0 cm³/mol. The Kier molecular flexibility index (Phi) is 3.28. The third-order valence-electron chi connectivity index (χ3n) is 2.02. The summed E-state index contributed by atoms with van der Waals surface area (Å²) in [6.45, 7) is 0. The molecular weight excluding hydrogens is 292 g/mol. The Morgan fingerprint density at radius 3 is 2.41 bits per heavy atom. The summed E-state index contributed by atoms with van der Waals surface area (Å²) < 4.78 is 31.7. The van der Waals surface area contributed by atoms with E-state index in [2.05, 4.69) is 15.9 Å². The van der Waals surface area contributed by atoms with Crippen LogP contribution in [0.5, 0.6) is 11.5 Å². The SMILES string of the molecule is Nc1cc(F)cc(Oc2ccc(F)cc2Br)c1. The van der Waals surface area contributed by atoms with Crippen molar-refractivity contribution in [1.29, 1.82) is 0 Å². The van der Waals surface area contributed by atoms with Gasteiger partial charge in [-0.2, -0.15) is 0 Å². The van der Waals surface area contributed by atoms with Gasteiger partial charge in [-0.3, -0.25) is 0 Å². The lowest BCUT2D eigenvalue weighted by molar-refractivity contribution is 0.472. The minimum Gasteiger partial charge on any atom is -0.456 e. The summed E-state index contributed by atoms with van der Waals surface area (Å²) in [4.78, 5) is 0. The average molecular weight is 300 g/mol. The summed E-state index contributed by atoms with van der Waals surface area (Å²) in [6, 6.07) is 7.83. The maximum atomic E-state index is 13.1. The van der Waals surface area contributed by atoms with Gasteiger partial charge in [0.05, 0.1) is 4.47 Å². The Morgan fingerprint density at radius 2 is 1.76 bits per heavy atom. The molecule has 0 heterocycles. The summed E-state index contributed by atoms with van der Waals surface area (Å²) >= 11 is 3.15. The molecule has 0 aliphatic carbocycles. The lowest BCUT2D eigenvalue weighted by atomic mass is 10.3. The number of hydrogen-bond donors (Lipinski definition) is 1. The fourth-order valence-corrected chi connectivity index (χ4v) is 1.76. The van der Waals surface area contributed by atoms with Crippen molar-refractivity contribution in [2.24, 2.45) is 0 Å². The maximum Gasteiger partial charge on any atom is 0.141 e. The first-order valence-electron chi connectivity index (χ1n) is 4.73. The van der Waals surface area contributed by atoms with Crippen LogP contribution in [0.3, 0.4) is 0 Å².